The molecule has 1 aliphatic rings. The fourth-order valence-electron chi connectivity index (χ4n) is 3.82. The summed E-state index contributed by atoms with van der Waals surface area (Å²) in [6, 6.07) is 29.9. The molecule has 2 unspecified atom stereocenters. The molecule has 1 aliphatic heterocycles. The Morgan fingerprint density at radius 3 is 2.23 bits per heavy atom. The first-order valence-electron chi connectivity index (χ1n) is 11.0. The van der Waals surface area contributed by atoms with Crippen LogP contribution >= 0.6 is 35.0 Å². The molecule has 2 atom stereocenters. The van der Waals surface area contributed by atoms with Crippen molar-refractivity contribution in [2.24, 2.45) is 0 Å². The van der Waals surface area contributed by atoms with E-state index in [0.717, 1.165) is 11.3 Å². The zero-order chi connectivity index (χ0) is 24.4. The minimum absolute atomic E-state index is 0.0248. The van der Waals surface area contributed by atoms with Crippen LogP contribution in [-0.2, 0) is 4.79 Å². The van der Waals surface area contributed by atoms with Crippen molar-refractivity contribution in [3.63, 3.8) is 0 Å². The summed E-state index contributed by atoms with van der Waals surface area (Å²) >= 11 is 14.1. The molecule has 0 aliphatic carbocycles. The summed E-state index contributed by atoms with van der Waals surface area (Å²) in [5.41, 5.74) is 1.68. The second kappa shape index (κ2) is 10.2. The van der Waals surface area contributed by atoms with Crippen LogP contribution in [0.1, 0.15) is 17.9 Å². The molecule has 0 N–H and O–H groups in total. The van der Waals surface area contributed by atoms with Gasteiger partial charge in [-0.15, -0.1) is 11.8 Å². The number of para-hydroxylation sites is 1. The van der Waals surface area contributed by atoms with Crippen LogP contribution in [0.2, 0.25) is 10.0 Å². The lowest BCUT2D eigenvalue weighted by Gasteiger charge is -2.25. The SMILES string of the molecule is CC1SC(c2cccc(Oc3ccccc3)c2)N(c2ccc(Oc3ccc(Cl)cc3)c(Cl)c2)C1=O. The second-order valence-electron chi connectivity index (χ2n) is 8.00. The first-order valence-corrected chi connectivity index (χ1v) is 12.7. The highest BCUT2D eigenvalue weighted by Gasteiger charge is 2.39. The Morgan fingerprint density at radius 1 is 0.771 bits per heavy atom. The number of amides is 1. The maximum Gasteiger partial charge on any atom is 0.241 e. The van der Waals surface area contributed by atoms with Gasteiger partial charge >= 0.3 is 0 Å². The van der Waals surface area contributed by atoms with E-state index in [0.29, 0.717) is 33.0 Å². The number of thioether (sulfide) groups is 1. The minimum atomic E-state index is -0.212. The molecule has 1 fully saturated rings. The van der Waals surface area contributed by atoms with Crippen molar-refractivity contribution in [2.75, 3.05) is 4.90 Å². The molecule has 1 saturated heterocycles. The van der Waals surface area contributed by atoms with Crippen molar-refractivity contribution in [1.82, 2.24) is 0 Å². The van der Waals surface area contributed by atoms with Crippen molar-refractivity contribution in [1.29, 1.82) is 0 Å². The molecule has 7 heteroatoms. The molecular weight excluding hydrogens is 501 g/mol. The van der Waals surface area contributed by atoms with Gasteiger partial charge in [-0.05, 0) is 79.2 Å². The van der Waals surface area contributed by atoms with Gasteiger partial charge in [0, 0.05) is 10.7 Å². The molecule has 5 rings (SSSR count). The third-order valence-corrected chi connectivity index (χ3v) is 7.41. The van der Waals surface area contributed by atoms with Gasteiger partial charge in [-0.2, -0.15) is 0 Å². The number of benzene rings is 4. The number of rotatable bonds is 6. The van der Waals surface area contributed by atoms with Crippen molar-refractivity contribution < 1.29 is 14.3 Å². The van der Waals surface area contributed by atoms with Crippen LogP contribution in [0.15, 0.2) is 97.1 Å². The molecule has 4 aromatic rings. The van der Waals surface area contributed by atoms with Crippen molar-refractivity contribution in [3.8, 4) is 23.0 Å². The van der Waals surface area contributed by atoms with Crippen LogP contribution in [0, 0.1) is 0 Å². The van der Waals surface area contributed by atoms with E-state index in [1.807, 2.05) is 67.6 Å². The highest BCUT2D eigenvalue weighted by Crippen LogP contribution is 2.47. The van der Waals surface area contributed by atoms with Crippen LogP contribution in [0.5, 0.6) is 23.0 Å². The molecule has 0 aromatic heterocycles. The maximum atomic E-state index is 13.2. The molecule has 4 aromatic carbocycles. The van der Waals surface area contributed by atoms with Crippen molar-refractivity contribution >= 4 is 46.6 Å². The lowest BCUT2D eigenvalue weighted by molar-refractivity contribution is -0.117. The fraction of sp³-hybridized carbons (Fsp3) is 0.107. The number of hydrogen-bond acceptors (Lipinski definition) is 4. The summed E-state index contributed by atoms with van der Waals surface area (Å²) in [4.78, 5) is 15.0. The average molecular weight is 522 g/mol. The van der Waals surface area contributed by atoms with E-state index < -0.39 is 0 Å². The summed E-state index contributed by atoms with van der Waals surface area (Å²) in [7, 11) is 0. The lowest BCUT2D eigenvalue weighted by Crippen LogP contribution is -2.30. The van der Waals surface area contributed by atoms with Crippen molar-refractivity contribution in [3.05, 3.63) is 113 Å². The highest BCUT2D eigenvalue weighted by molar-refractivity contribution is 8.01. The number of ether oxygens (including phenoxy) is 2. The summed E-state index contributed by atoms with van der Waals surface area (Å²) in [5.74, 6) is 2.62. The molecular formula is C28H21Cl2NO3S. The van der Waals surface area contributed by atoms with E-state index in [9.17, 15) is 4.79 Å². The highest BCUT2D eigenvalue weighted by atomic mass is 35.5. The third kappa shape index (κ3) is 5.27. The van der Waals surface area contributed by atoms with Gasteiger partial charge in [0.25, 0.3) is 0 Å². The molecule has 176 valence electrons. The van der Waals surface area contributed by atoms with Crippen molar-refractivity contribution in [2.45, 2.75) is 17.5 Å². The predicted molar refractivity (Wildman–Crippen MR) is 143 cm³/mol. The normalized spacial score (nSPS) is 17.5. The van der Waals surface area contributed by atoms with E-state index in [1.165, 1.54) is 0 Å². The number of anilines is 1. The summed E-state index contributed by atoms with van der Waals surface area (Å²) < 4.78 is 11.9. The number of halogens is 2. The topological polar surface area (TPSA) is 38.8 Å². The van der Waals surface area contributed by atoms with Crippen LogP contribution < -0.4 is 14.4 Å². The van der Waals surface area contributed by atoms with Crippen LogP contribution in [0.4, 0.5) is 5.69 Å². The molecule has 4 nitrogen and oxygen atoms in total. The number of carbonyl (C=O) groups excluding carboxylic acids is 1. The van der Waals surface area contributed by atoms with E-state index in [2.05, 4.69) is 0 Å². The Hall–Kier alpha value is -3.12. The predicted octanol–water partition coefficient (Wildman–Crippen LogP) is 8.75. The van der Waals surface area contributed by atoms with Gasteiger partial charge in [0.05, 0.1) is 10.3 Å². The van der Waals surface area contributed by atoms with Gasteiger partial charge in [-0.1, -0.05) is 53.5 Å². The van der Waals surface area contributed by atoms with E-state index in [-0.39, 0.29) is 16.5 Å². The van der Waals surface area contributed by atoms with E-state index in [4.69, 9.17) is 32.7 Å². The van der Waals surface area contributed by atoms with Crippen LogP contribution in [0.3, 0.4) is 0 Å². The first-order chi connectivity index (χ1) is 17.0. The zero-order valence-electron chi connectivity index (χ0n) is 18.7. The Labute approximate surface area is 218 Å². The van der Waals surface area contributed by atoms with Crippen LogP contribution in [0.25, 0.3) is 0 Å². The molecule has 1 amide bonds. The quantitative estimate of drug-likeness (QED) is 0.254. The summed E-state index contributed by atoms with van der Waals surface area (Å²) in [6.07, 6.45) is 0. The Kier molecular flexibility index (Phi) is 6.91. The Balaban J connectivity index is 1.41. The van der Waals surface area contributed by atoms with Gasteiger partial charge in [-0.3, -0.25) is 9.69 Å². The van der Waals surface area contributed by atoms with Gasteiger partial charge in [0.15, 0.2) is 0 Å². The molecule has 0 spiro atoms. The average Bonchev–Trinajstić information content (AvgIpc) is 3.17. The molecule has 1 heterocycles. The van der Waals surface area contributed by atoms with E-state index in [1.54, 1.807) is 53.1 Å². The molecule has 0 radical (unpaired) electrons. The summed E-state index contributed by atoms with van der Waals surface area (Å²) in [5, 5.41) is 0.635. The maximum absolute atomic E-state index is 13.2. The van der Waals surface area contributed by atoms with Gasteiger partial charge < -0.3 is 9.47 Å². The minimum Gasteiger partial charge on any atom is -0.457 e. The lowest BCUT2D eigenvalue weighted by atomic mass is 10.1. The third-order valence-electron chi connectivity index (χ3n) is 5.51. The number of hydrogen-bond donors (Lipinski definition) is 0. The smallest absolute Gasteiger partial charge is 0.241 e. The van der Waals surface area contributed by atoms with E-state index >= 15 is 0 Å². The zero-order valence-corrected chi connectivity index (χ0v) is 21.1. The fourth-order valence-corrected chi connectivity index (χ4v) is 5.43. The largest absolute Gasteiger partial charge is 0.457 e. The summed E-state index contributed by atoms with van der Waals surface area (Å²) in [6.45, 7) is 1.92. The van der Waals surface area contributed by atoms with Gasteiger partial charge in [0.2, 0.25) is 5.91 Å². The monoisotopic (exact) mass is 521 g/mol. The standard InChI is InChI=1S/C28H21Cl2NO3S/c1-18-27(32)31(21-12-15-26(25(30)17-21)34-23-13-10-20(29)11-14-23)28(35-18)19-6-5-9-24(16-19)33-22-7-3-2-4-8-22/h2-18,28H,1H3. The Bertz CT molecular complexity index is 1350. The number of nitrogens with zero attached hydrogens (tertiary/aromatic N) is 1. The molecule has 35 heavy (non-hydrogen) atoms. The first kappa shape index (κ1) is 23.6. The molecule has 0 bridgehead atoms. The van der Waals surface area contributed by atoms with Gasteiger partial charge in [0.1, 0.15) is 28.4 Å². The molecule has 0 saturated carbocycles. The second-order valence-corrected chi connectivity index (χ2v) is 10.3. The van der Waals surface area contributed by atoms with Crippen LogP contribution in [-0.4, -0.2) is 11.2 Å². The van der Waals surface area contributed by atoms with Gasteiger partial charge in [-0.25, -0.2) is 0 Å². The number of carbonyl (C=O) groups is 1. The Morgan fingerprint density at radius 2 is 1.49 bits per heavy atom.